The van der Waals surface area contributed by atoms with Crippen molar-refractivity contribution in [3.8, 4) is 6.07 Å². The smallest absolute Gasteiger partial charge is 0.0670 e. The highest BCUT2D eigenvalue weighted by molar-refractivity contribution is 7.84. The number of hydrogen-bond acceptors (Lipinski definition) is 4. The number of nitriles is 1. The fraction of sp³-hybridized carbons (Fsp3) is 0.375. The number of thiocarbonyl (C=S) groups is 1. The van der Waals surface area contributed by atoms with Crippen LogP contribution in [0.2, 0.25) is 0 Å². The van der Waals surface area contributed by atoms with Crippen LogP contribution in [-0.4, -0.2) is 32.9 Å². The number of hydrogen-bond donors (Lipinski definition) is 1. The van der Waals surface area contributed by atoms with Crippen molar-refractivity contribution in [1.29, 1.82) is 5.26 Å². The second-order valence-corrected chi connectivity index (χ2v) is 6.39. The normalized spacial score (nSPS) is 10.9. The van der Waals surface area contributed by atoms with Crippen molar-refractivity contribution in [2.45, 2.75) is 19.3 Å². The Bertz CT molecular complexity index is 693. The van der Waals surface area contributed by atoms with E-state index in [4.69, 9.17) is 5.26 Å². The molecule has 0 saturated carbocycles. The van der Waals surface area contributed by atoms with Crippen LogP contribution in [0.5, 0.6) is 0 Å². The van der Waals surface area contributed by atoms with Crippen LogP contribution < -0.4 is 0 Å². The number of unbranched alkanes of at least 4 members (excludes halogenated alkanes) is 1. The van der Waals surface area contributed by atoms with Gasteiger partial charge in [-0.1, -0.05) is 18.2 Å². The molecule has 0 amide bonds. The monoisotopic (exact) mass is 333 g/mol. The molecule has 0 aliphatic rings. The molecule has 0 bridgehead atoms. The molecule has 1 N–H and O–H groups in total. The molecule has 0 saturated heterocycles. The van der Waals surface area contributed by atoms with Crippen LogP contribution in [0.1, 0.15) is 18.4 Å². The number of aliphatic imine (C=N–C) groups is 1. The molecule has 1 aromatic carbocycles. The third-order valence-corrected chi connectivity index (χ3v) is 3.95. The lowest BCUT2D eigenvalue weighted by atomic mass is 10.1. The molecule has 1 atom stereocenters. The zero-order valence-corrected chi connectivity index (χ0v) is 14.2. The van der Waals surface area contributed by atoms with E-state index in [1.165, 1.54) is 0 Å². The Morgan fingerprint density at radius 3 is 2.82 bits per heavy atom. The highest BCUT2D eigenvalue weighted by Gasteiger charge is 2.00. The van der Waals surface area contributed by atoms with Crippen molar-refractivity contribution >= 4 is 39.1 Å². The molecule has 4 nitrogen and oxygen atoms in total. The zero-order valence-electron chi connectivity index (χ0n) is 12.5. The van der Waals surface area contributed by atoms with Crippen molar-refractivity contribution < 1.29 is 4.21 Å². The number of fused-ring (bicyclic) bond motifs is 1. The first-order valence-electron chi connectivity index (χ1n) is 6.94. The average Bonchev–Trinajstić information content (AvgIpc) is 2.91. The molecule has 0 aliphatic heterocycles. The van der Waals surface area contributed by atoms with Gasteiger partial charge in [-0.3, -0.25) is 4.21 Å². The third kappa shape index (κ3) is 6.77. The Hall–Kier alpha value is -1.80. The summed E-state index contributed by atoms with van der Waals surface area (Å²) in [7, 11) is -0.659. The summed E-state index contributed by atoms with van der Waals surface area (Å²) in [6.45, 7) is 0.723. The lowest BCUT2D eigenvalue weighted by Gasteiger charge is -1.92. The van der Waals surface area contributed by atoms with Crippen LogP contribution >= 0.6 is 12.2 Å². The molecule has 22 heavy (non-hydrogen) atoms. The Kier molecular flexibility index (Phi) is 9.01. The Morgan fingerprint density at radius 1 is 1.36 bits per heavy atom. The van der Waals surface area contributed by atoms with Gasteiger partial charge < -0.3 is 4.98 Å². The molecule has 0 aliphatic carbocycles. The SMILES string of the molecule is CS(=O)CCCCN=C=S.N#CCc1c[nH]c2ccccc12. The predicted molar refractivity (Wildman–Crippen MR) is 95.7 cm³/mol. The molecule has 0 spiro atoms. The van der Waals surface area contributed by atoms with Gasteiger partial charge in [0, 0.05) is 46.5 Å². The molecular weight excluding hydrogens is 314 g/mol. The Labute approximate surface area is 138 Å². The molecular formula is C16H19N3OS2. The highest BCUT2D eigenvalue weighted by Crippen LogP contribution is 2.17. The summed E-state index contributed by atoms with van der Waals surface area (Å²) in [5.74, 6) is 0.771. The van der Waals surface area contributed by atoms with Gasteiger partial charge in [0.2, 0.25) is 0 Å². The maximum Gasteiger partial charge on any atom is 0.0670 e. The largest absolute Gasteiger partial charge is 0.361 e. The molecule has 0 fully saturated rings. The van der Waals surface area contributed by atoms with E-state index in [1.54, 1.807) is 6.26 Å². The summed E-state index contributed by atoms with van der Waals surface area (Å²) < 4.78 is 10.5. The minimum Gasteiger partial charge on any atom is -0.361 e. The van der Waals surface area contributed by atoms with Crippen molar-refractivity contribution in [2.75, 3.05) is 18.6 Å². The van der Waals surface area contributed by atoms with Gasteiger partial charge >= 0.3 is 0 Å². The van der Waals surface area contributed by atoms with Crippen molar-refractivity contribution in [1.82, 2.24) is 4.98 Å². The second kappa shape index (κ2) is 10.9. The van der Waals surface area contributed by atoms with E-state index in [-0.39, 0.29) is 0 Å². The van der Waals surface area contributed by atoms with E-state index >= 15 is 0 Å². The van der Waals surface area contributed by atoms with Crippen molar-refractivity contribution in [3.63, 3.8) is 0 Å². The third-order valence-electron chi connectivity index (χ3n) is 2.96. The number of H-pyrrole nitrogens is 1. The van der Waals surface area contributed by atoms with Crippen molar-refractivity contribution in [2.24, 2.45) is 4.99 Å². The summed E-state index contributed by atoms with van der Waals surface area (Å²) >= 11 is 4.38. The summed E-state index contributed by atoms with van der Waals surface area (Å²) in [6.07, 6.45) is 6.01. The van der Waals surface area contributed by atoms with Gasteiger partial charge in [0.05, 0.1) is 17.7 Å². The van der Waals surface area contributed by atoms with Crippen LogP contribution in [-0.2, 0) is 17.2 Å². The summed E-state index contributed by atoms with van der Waals surface area (Å²) in [6, 6.07) is 10.1. The molecule has 2 rings (SSSR count). The molecule has 116 valence electrons. The number of nitrogens with zero attached hydrogens (tertiary/aromatic N) is 2. The number of rotatable bonds is 6. The van der Waals surface area contributed by atoms with Gasteiger partial charge in [0.25, 0.3) is 0 Å². The number of isothiocyanates is 1. The zero-order chi connectivity index (χ0) is 16.2. The maximum atomic E-state index is 10.5. The number of aromatic amines is 1. The molecule has 6 heteroatoms. The minimum atomic E-state index is -0.659. The molecule has 1 aromatic heterocycles. The first-order chi connectivity index (χ1) is 10.7. The number of benzene rings is 1. The molecule has 2 aromatic rings. The van der Waals surface area contributed by atoms with Gasteiger partial charge in [-0.15, -0.1) is 0 Å². The second-order valence-electron chi connectivity index (χ2n) is 4.65. The Morgan fingerprint density at radius 2 is 2.14 bits per heavy atom. The minimum absolute atomic E-state index is 0.476. The number of para-hydroxylation sites is 1. The highest BCUT2D eigenvalue weighted by atomic mass is 32.2. The molecule has 0 radical (unpaired) electrons. The maximum absolute atomic E-state index is 10.5. The first-order valence-corrected chi connectivity index (χ1v) is 9.08. The lowest BCUT2D eigenvalue weighted by molar-refractivity contribution is 0.682. The van der Waals surface area contributed by atoms with E-state index in [0.29, 0.717) is 6.42 Å². The van der Waals surface area contributed by atoms with Crippen LogP contribution in [0, 0.1) is 11.3 Å². The van der Waals surface area contributed by atoms with Crippen LogP contribution in [0.3, 0.4) is 0 Å². The van der Waals surface area contributed by atoms with Gasteiger partial charge in [-0.25, -0.2) is 4.99 Å². The summed E-state index contributed by atoms with van der Waals surface area (Å²) in [4.78, 5) is 6.86. The molecule has 1 heterocycles. The van der Waals surface area contributed by atoms with Gasteiger partial charge in [0.1, 0.15) is 0 Å². The van der Waals surface area contributed by atoms with Gasteiger partial charge in [-0.05, 0) is 36.7 Å². The average molecular weight is 333 g/mol. The van der Waals surface area contributed by atoms with E-state index < -0.39 is 10.8 Å². The lowest BCUT2D eigenvalue weighted by Crippen LogP contribution is -1.94. The Balaban J connectivity index is 0.000000225. The van der Waals surface area contributed by atoms with Crippen LogP contribution in [0.25, 0.3) is 10.9 Å². The van der Waals surface area contributed by atoms with E-state index in [1.807, 2.05) is 30.5 Å². The van der Waals surface area contributed by atoms with E-state index in [0.717, 1.165) is 41.6 Å². The standard InChI is InChI=1S/C10H8N2.C6H11NOS2/c11-6-5-8-7-12-10-4-2-1-3-9(8)10;1-10(8)5-3-2-4-7-6-9/h1-4,7,12H,5H2;2-5H2,1H3. The summed E-state index contributed by atoms with van der Waals surface area (Å²) in [5.41, 5.74) is 2.18. The fourth-order valence-corrected chi connectivity index (χ4v) is 2.61. The van der Waals surface area contributed by atoms with Gasteiger partial charge in [-0.2, -0.15) is 5.26 Å². The number of nitrogens with one attached hydrogen (secondary N) is 1. The summed E-state index contributed by atoms with van der Waals surface area (Å²) in [5, 5.41) is 12.0. The van der Waals surface area contributed by atoms with E-state index in [2.05, 4.69) is 33.4 Å². The predicted octanol–water partition coefficient (Wildman–Crippen LogP) is 3.48. The van der Waals surface area contributed by atoms with E-state index in [9.17, 15) is 4.21 Å². The van der Waals surface area contributed by atoms with Crippen molar-refractivity contribution in [3.05, 3.63) is 36.0 Å². The number of aromatic nitrogens is 1. The fourth-order valence-electron chi connectivity index (χ4n) is 1.90. The van der Waals surface area contributed by atoms with Gasteiger partial charge in [0.15, 0.2) is 0 Å². The first kappa shape index (κ1) is 18.2. The topological polar surface area (TPSA) is 69.0 Å². The molecule has 1 unspecified atom stereocenters. The van der Waals surface area contributed by atoms with Crippen LogP contribution in [0.15, 0.2) is 35.5 Å². The quantitative estimate of drug-likeness (QED) is 0.500. The van der Waals surface area contributed by atoms with Crippen LogP contribution in [0.4, 0.5) is 0 Å².